The molecule has 0 atom stereocenters. The Morgan fingerprint density at radius 3 is 2.14 bits per heavy atom. The molecule has 1 rings (SSSR count). The summed E-state index contributed by atoms with van der Waals surface area (Å²) in [5.41, 5.74) is 16.2. The second-order valence-corrected chi connectivity index (χ2v) is 4.15. The van der Waals surface area contributed by atoms with Crippen LogP contribution in [0.4, 0.5) is 0 Å². The molecule has 1 aromatic carbocycles. The standard InChI is InChI=1S/C14H16N4O3/c15-7-3-5-10-4-1-2-6-11(10)14(21)18(8-12(16)19)9-13(17)20/h1-2,4,6H,7-9,15H2,(H2,16,19)(H2,17,20). The van der Waals surface area contributed by atoms with E-state index in [1.807, 2.05) is 0 Å². The molecular formula is C14H16N4O3. The Bertz CT molecular complexity index is 600. The SMILES string of the molecule is NCC#Cc1ccccc1C(=O)N(CC(N)=O)CC(N)=O. The molecule has 0 fully saturated rings. The van der Waals surface area contributed by atoms with Crippen LogP contribution in [0.15, 0.2) is 24.3 Å². The van der Waals surface area contributed by atoms with Gasteiger partial charge in [-0.1, -0.05) is 24.0 Å². The van der Waals surface area contributed by atoms with Crippen LogP contribution in [-0.4, -0.2) is 42.3 Å². The van der Waals surface area contributed by atoms with Gasteiger partial charge in [-0.2, -0.15) is 0 Å². The molecule has 0 saturated carbocycles. The van der Waals surface area contributed by atoms with Crippen LogP contribution in [-0.2, 0) is 9.59 Å². The quantitative estimate of drug-likeness (QED) is 0.563. The lowest BCUT2D eigenvalue weighted by atomic mass is 10.1. The molecule has 0 heterocycles. The molecule has 0 unspecified atom stereocenters. The van der Waals surface area contributed by atoms with Gasteiger partial charge in [0.05, 0.1) is 12.1 Å². The van der Waals surface area contributed by atoms with Crippen LogP contribution in [0.1, 0.15) is 15.9 Å². The Hall–Kier alpha value is -2.85. The van der Waals surface area contributed by atoms with Crippen LogP contribution < -0.4 is 17.2 Å². The van der Waals surface area contributed by atoms with Gasteiger partial charge in [0.25, 0.3) is 5.91 Å². The van der Waals surface area contributed by atoms with Gasteiger partial charge in [-0.05, 0) is 12.1 Å². The number of hydrogen-bond donors (Lipinski definition) is 3. The number of nitrogens with two attached hydrogens (primary N) is 3. The van der Waals surface area contributed by atoms with Gasteiger partial charge in [-0.15, -0.1) is 0 Å². The third-order valence-corrected chi connectivity index (χ3v) is 2.46. The maximum atomic E-state index is 12.4. The first-order chi connectivity index (χ1) is 9.95. The van der Waals surface area contributed by atoms with Gasteiger partial charge in [-0.25, -0.2) is 0 Å². The molecule has 0 bridgehead atoms. The number of carbonyl (C=O) groups excluding carboxylic acids is 3. The summed E-state index contributed by atoms with van der Waals surface area (Å²) in [4.78, 5) is 35.4. The molecule has 0 radical (unpaired) electrons. The molecule has 6 N–H and O–H groups in total. The van der Waals surface area contributed by atoms with E-state index in [0.29, 0.717) is 5.56 Å². The number of amides is 3. The number of benzene rings is 1. The van der Waals surface area contributed by atoms with E-state index >= 15 is 0 Å². The van der Waals surface area contributed by atoms with Crippen LogP contribution in [0.2, 0.25) is 0 Å². The molecular weight excluding hydrogens is 272 g/mol. The number of hydrogen-bond acceptors (Lipinski definition) is 4. The zero-order chi connectivity index (χ0) is 15.8. The van der Waals surface area contributed by atoms with E-state index in [0.717, 1.165) is 4.90 Å². The Labute approximate surface area is 122 Å². The average molecular weight is 288 g/mol. The molecule has 110 valence electrons. The smallest absolute Gasteiger partial charge is 0.256 e. The predicted octanol–water partition coefficient (Wildman–Crippen LogP) is -1.59. The first-order valence-corrected chi connectivity index (χ1v) is 6.09. The molecule has 0 aliphatic rings. The molecule has 0 aromatic heterocycles. The fourth-order valence-corrected chi connectivity index (χ4v) is 1.67. The normalized spacial score (nSPS) is 9.38. The third-order valence-electron chi connectivity index (χ3n) is 2.46. The van der Waals surface area contributed by atoms with E-state index < -0.39 is 30.8 Å². The summed E-state index contributed by atoms with van der Waals surface area (Å²) in [7, 11) is 0. The highest BCUT2D eigenvalue weighted by atomic mass is 16.2. The Kier molecular flexibility index (Phi) is 5.92. The van der Waals surface area contributed by atoms with Crippen molar-refractivity contribution >= 4 is 17.7 Å². The van der Waals surface area contributed by atoms with Crippen molar-refractivity contribution in [3.63, 3.8) is 0 Å². The largest absolute Gasteiger partial charge is 0.368 e. The van der Waals surface area contributed by atoms with Crippen LogP contribution >= 0.6 is 0 Å². The van der Waals surface area contributed by atoms with Crippen molar-refractivity contribution in [2.45, 2.75) is 0 Å². The predicted molar refractivity (Wildman–Crippen MR) is 76.7 cm³/mol. The second-order valence-electron chi connectivity index (χ2n) is 4.15. The average Bonchev–Trinajstić information content (AvgIpc) is 2.43. The molecule has 0 spiro atoms. The van der Waals surface area contributed by atoms with E-state index in [1.54, 1.807) is 18.2 Å². The minimum atomic E-state index is -0.741. The second kappa shape index (κ2) is 7.67. The van der Waals surface area contributed by atoms with Crippen molar-refractivity contribution in [3.8, 4) is 11.8 Å². The summed E-state index contributed by atoms with van der Waals surface area (Å²) in [6.07, 6.45) is 0. The fourth-order valence-electron chi connectivity index (χ4n) is 1.67. The molecule has 0 aliphatic heterocycles. The fraction of sp³-hybridized carbons (Fsp3) is 0.214. The first-order valence-electron chi connectivity index (χ1n) is 6.09. The van der Waals surface area contributed by atoms with Gasteiger partial charge < -0.3 is 22.1 Å². The molecule has 3 amide bonds. The first kappa shape index (κ1) is 16.2. The Morgan fingerprint density at radius 2 is 1.62 bits per heavy atom. The van der Waals surface area contributed by atoms with Gasteiger partial charge >= 0.3 is 0 Å². The van der Waals surface area contributed by atoms with E-state index in [4.69, 9.17) is 17.2 Å². The van der Waals surface area contributed by atoms with Crippen molar-refractivity contribution < 1.29 is 14.4 Å². The Balaban J connectivity index is 3.13. The zero-order valence-electron chi connectivity index (χ0n) is 11.3. The lowest BCUT2D eigenvalue weighted by molar-refractivity contribution is -0.121. The topological polar surface area (TPSA) is 133 Å². The highest BCUT2D eigenvalue weighted by molar-refractivity contribution is 6.00. The number of primary amides is 2. The minimum Gasteiger partial charge on any atom is -0.368 e. The zero-order valence-corrected chi connectivity index (χ0v) is 11.3. The Morgan fingerprint density at radius 1 is 1.05 bits per heavy atom. The van der Waals surface area contributed by atoms with E-state index in [2.05, 4.69) is 11.8 Å². The monoisotopic (exact) mass is 288 g/mol. The van der Waals surface area contributed by atoms with Crippen molar-refractivity contribution in [2.75, 3.05) is 19.6 Å². The molecule has 1 aromatic rings. The lowest BCUT2D eigenvalue weighted by Crippen LogP contribution is -2.43. The van der Waals surface area contributed by atoms with E-state index in [9.17, 15) is 14.4 Å². The number of carbonyl (C=O) groups is 3. The highest BCUT2D eigenvalue weighted by Gasteiger charge is 2.21. The van der Waals surface area contributed by atoms with Crippen LogP contribution in [0.5, 0.6) is 0 Å². The molecule has 0 aliphatic carbocycles. The highest BCUT2D eigenvalue weighted by Crippen LogP contribution is 2.11. The van der Waals surface area contributed by atoms with Crippen molar-refractivity contribution in [3.05, 3.63) is 35.4 Å². The van der Waals surface area contributed by atoms with Crippen LogP contribution in [0.25, 0.3) is 0 Å². The molecule has 7 nitrogen and oxygen atoms in total. The van der Waals surface area contributed by atoms with Gasteiger partial charge in [-0.3, -0.25) is 14.4 Å². The summed E-state index contributed by atoms with van der Waals surface area (Å²) < 4.78 is 0. The summed E-state index contributed by atoms with van der Waals surface area (Å²) in [6.45, 7) is -0.657. The van der Waals surface area contributed by atoms with E-state index in [1.165, 1.54) is 6.07 Å². The third kappa shape index (κ3) is 4.97. The van der Waals surface area contributed by atoms with Crippen molar-refractivity contribution in [2.24, 2.45) is 17.2 Å². The molecule has 21 heavy (non-hydrogen) atoms. The maximum Gasteiger partial charge on any atom is 0.256 e. The van der Waals surface area contributed by atoms with Crippen molar-refractivity contribution in [1.82, 2.24) is 4.90 Å². The number of nitrogens with zero attached hydrogens (tertiary/aromatic N) is 1. The summed E-state index contributed by atoms with van der Waals surface area (Å²) in [5, 5.41) is 0. The maximum absolute atomic E-state index is 12.4. The minimum absolute atomic E-state index is 0.148. The van der Waals surface area contributed by atoms with Gasteiger partial charge in [0.1, 0.15) is 13.1 Å². The van der Waals surface area contributed by atoms with Crippen LogP contribution in [0, 0.1) is 11.8 Å². The molecule has 7 heteroatoms. The van der Waals surface area contributed by atoms with Gasteiger partial charge in [0, 0.05) is 5.56 Å². The van der Waals surface area contributed by atoms with E-state index in [-0.39, 0.29) is 12.1 Å². The van der Waals surface area contributed by atoms with Crippen molar-refractivity contribution in [1.29, 1.82) is 0 Å². The number of rotatable bonds is 5. The lowest BCUT2D eigenvalue weighted by Gasteiger charge is -2.20. The van der Waals surface area contributed by atoms with Gasteiger partial charge in [0.15, 0.2) is 0 Å². The molecule has 0 saturated heterocycles. The summed E-state index contributed by atoms with van der Waals surface area (Å²) >= 11 is 0. The van der Waals surface area contributed by atoms with Gasteiger partial charge in [0.2, 0.25) is 11.8 Å². The van der Waals surface area contributed by atoms with Crippen LogP contribution in [0.3, 0.4) is 0 Å². The summed E-state index contributed by atoms with van der Waals surface area (Å²) in [5.74, 6) is 3.38. The summed E-state index contributed by atoms with van der Waals surface area (Å²) in [6, 6.07) is 6.54.